The molecule has 0 spiro atoms. The first-order valence-electron chi connectivity index (χ1n) is 5.71. The van der Waals surface area contributed by atoms with Gasteiger partial charge in [-0.1, -0.05) is 13.3 Å². The van der Waals surface area contributed by atoms with E-state index < -0.39 is 12.0 Å². The highest BCUT2D eigenvalue weighted by atomic mass is 16.4. The van der Waals surface area contributed by atoms with E-state index in [1.807, 2.05) is 6.33 Å². The molecule has 0 aromatic carbocycles. The maximum absolute atomic E-state index is 10.9. The minimum absolute atomic E-state index is 0.468. The van der Waals surface area contributed by atoms with Crippen molar-refractivity contribution >= 4 is 5.97 Å². The Bertz CT molecular complexity index is 387. The Morgan fingerprint density at radius 3 is 3.25 bits per heavy atom. The van der Waals surface area contributed by atoms with Gasteiger partial charge in [0.15, 0.2) is 0 Å². The summed E-state index contributed by atoms with van der Waals surface area (Å²) in [4.78, 5) is 15.2. The van der Waals surface area contributed by atoms with Crippen LogP contribution in [0.3, 0.4) is 0 Å². The molecule has 2 heterocycles. The van der Waals surface area contributed by atoms with Gasteiger partial charge >= 0.3 is 5.97 Å². The van der Waals surface area contributed by atoms with Crippen molar-refractivity contribution in [1.29, 1.82) is 0 Å². The Labute approximate surface area is 94.5 Å². The van der Waals surface area contributed by atoms with Crippen molar-refractivity contribution in [2.24, 2.45) is 0 Å². The Morgan fingerprint density at radius 2 is 2.56 bits per heavy atom. The molecule has 0 amide bonds. The Balaban J connectivity index is 2.14. The van der Waals surface area contributed by atoms with Gasteiger partial charge < -0.3 is 9.67 Å². The number of aliphatic carboxylic acids is 1. The van der Waals surface area contributed by atoms with Crippen LogP contribution in [0.1, 0.15) is 31.2 Å². The lowest BCUT2D eigenvalue weighted by Crippen LogP contribution is -2.42. The molecule has 88 valence electrons. The molecular weight excluding hydrogens is 206 g/mol. The normalized spacial score (nSPS) is 19.4. The SMILES string of the molecule is CCCCn1cnc2c1CC(C(=O)O)NC2. The average molecular weight is 223 g/mol. The van der Waals surface area contributed by atoms with Crippen LogP contribution in [-0.4, -0.2) is 26.7 Å². The number of nitrogens with zero attached hydrogens (tertiary/aromatic N) is 2. The summed E-state index contributed by atoms with van der Waals surface area (Å²) in [6.07, 6.45) is 4.60. The van der Waals surface area contributed by atoms with Gasteiger partial charge in [-0.3, -0.25) is 10.1 Å². The summed E-state index contributed by atoms with van der Waals surface area (Å²) in [6, 6.07) is -0.468. The van der Waals surface area contributed by atoms with Gasteiger partial charge in [-0.05, 0) is 6.42 Å². The molecular formula is C11H17N3O2. The number of aromatic nitrogens is 2. The third-order valence-electron chi connectivity index (χ3n) is 3.00. The minimum atomic E-state index is -0.783. The van der Waals surface area contributed by atoms with E-state index in [2.05, 4.69) is 21.8 Å². The van der Waals surface area contributed by atoms with E-state index in [4.69, 9.17) is 5.11 Å². The van der Waals surface area contributed by atoms with Gasteiger partial charge in [-0.2, -0.15) is 0 Å². The topological polar surface area (TPSA) is 67.2 Å². The number of hydrogen-bond donors (Lipinski definition) is 2. The van der Waals surface area contributed by atoms with Crippen molar-refractivity contribution in [3.05, 3.63) is 17.7 Å². The lowest BCUT2D eigenvalue weighted by Gasteiger charge is -2.21. The van der Waals surface area contributed by atoms with Crippen LogP contribution in [0, 0.1) is 0 Å². The zero-order valence-electron chi connectivity index (χ0n) is 9.44. The second kappa shape index (κ2) is 4.65. The van der Waals surface area contributed by atoms with Crippen molar-refractivity contribution in [3.8, 4) is 0 Å². The number of fused-ring (bicyclic) bond motifs is 1. The number of hydrogen-bond acceptors (Lipinski definition) is 3. The fraction of sp³-hybridized carbons (Fsp3) is 0.636. The molecule has 0 saturated heterocycles. The molecule has 5 heteroatoms. The summed E-state index contributed by atoms with van der Waals surface area (Å²) in [5.41, 5.74) is 2.08. The number of carboxylic acid groups (broad SMARTS) is 1. The smallest absolute Gasteiger partial charge is 0.321 e. The van der Waals surface area contributed by atoms with E-state index in [0.717, 1.165) is 30.8 Å². The number of carboxylic acids is 1. The predicted octanol–water partition coefficient (Wildman–Crippen LogP) is 0.782. The number of imidazole rings is 1. The van der Waals surface area contributed by atoms with Gasteiger partial charge in [0.1, 0.15) is 6.04 Å². The Morgan fingerprint density at radius 1 is 1.75 bits per heavy atom. The van der Waals surface area contributed by atoms with Crippen LogP contribution < -0.4 is 5.32 Å². The number of nitrogens with one attached hydrogen (secondary N) is 1. The molecule has 0 fully saturated rings. The van der Waals surface area contributed by atoms with Gasteiger partial charge in [-0.25, -0.2) is 4.98 Å². The molecule has 0 bridgehead atoms. The molecule has 1 aliphatic rings. The van der Waals surface area contributed by atoms with E-state index in [-0.39, 0.29) is 0 Å². The van der Waals surface area contributed by atoms with E-state index in [0.29, 0.717) is 13.0 Å². The predicted molar refractivity (Wildman–Crippen MR) is 59.1 cm³/mol. The van der Waals surface area contributed by atoms with Gasteiger partial charge in [0.25, 0.3) is 0 Å². The lowest BCUT2D eigenvalue weighted by molar-refractivity contribution is -0.139. The molecule has 1 unspecified atom stereocenters. The van der Waals surface area contributed by atoms with E-state index in [1.165, 1.54) is 0 Å². The third-order valence-corrected chi connectivity index (χ3v) is 3.00. The molecule has 16 heavy (non-hydrogen) atoms. The van der Waals surface area contributed by atoms with Crippen LogP contribution >= 0.6 is 0 Å². The average Bonchev–Trinajstić information content (AvgIpc) is 2.68. The number of rotatable bonds is 4. The maximum atomic E-state index is 10.9. The summed E-state index contributed by atoms with van der Waals surface area (Å²) < 4.78 is 2.09. The molecule has 1 atom stereocenters. The molecule has 1 aromatic rings. The zero-order chi connectivity index (χ0) is 11.5. The molecule has 0 aliphatic carbocycles. The summed E-state index contributed by atoms with van der Waals surface area (Å²) in [5, 5.41) is 11.9. The first-order chi connectivity index (χ1) is 7.72. The highest BCUT2D eigenvalue weighted by molar-refractivity contribution is 5.74. The van der Waals surface area contributed by atoms with Crippen molar-refractivity contribution in [3.63, 3.8) is 0 Å². The van der Waals surface area contributed by atoms with E-state index >= 15 is 0 Å². The van der Waals surface area contributed by atoms with Gasteiger partial charge in [0.05, 0.1) is 12.0 Å². The summed E-state index contributed by atoms with van der Waals surface area (Å²) in [5.74, 6) is -0.783. The van der Waals surface area contributed by atoms with Crippen molar-refractivity contribution in [2.75, 3.05) is 0 Å². The Hall–Kier alpha value is -1.36. The molecule has 1 aliphatic heterocycles. The van der Waals surface area contributed by atoms with Gasteiger partial charge in [0.2, 0.25) is 0 Å². The number of aryl methyl sites for hydroxylation is 1. The zero-order valence-corrected chi connectivity index (χ0v) is 9.44. The van der Waals surface area contributed by atoms with Crippen molar-refractivity contribution in [1.82, 2.24) is 14.9 Å². The second-order valence-corrected chi connectivity index (χ2v) is 4.16. The fourth-order valence-electron chi connectivity index (χ4n) is 2.01. The highest BCUT2D eigenvalue weighted by Gasteiger charge is 2.26. The summed E-state index contributed by atoms with van der Waals surface area (Å²) in [7, 11) is 0. The number of unbranched alkanes of at least 4 members (excludes halogenated alkanes) is 1. The molecule has 2 N–H and O–H groups in total. The molecule has 0 saturated carbocycles. The van der Waals surface area contributed by atoms with Crippen LogP contribution in [0.4, 0.5) is 0 Å². The van der Waals surface area contributed by atoms with Gasteiger partial charge in [0, 0.05) is 25.2 Å². The van der Waals surface area contributed by atoms with Crippen LogP contribution in [0.15, 0.2) is 6.33 Å². The van der Waals surface area contributed by atoms with Crippen LogP contribution in [0.2, 0.25) is 0 Å². The van der Waals surface area contributed by atoms with Crippen molar-refractivity contribution < 1.29 is 9.90 Å². The summed E-state index contributed by atoms with van der Waals surface area (Å²) >= 11 is 0. The van der Waals surface area contributed by atoms with Gasteiger partial charge in [-0.15, -0.1) is 0 Å². The first kappa shape index (κ1) is 11.1. The molecule has 2 rings (SSSR count). The summed E-state index contributed by atoms with van der Waals surface area (Å²) in [6.45, 7) is 3.64. The molecule has 5 nitrogen and oxygen atoms in total. The molecule has 0 radical (unpaired) electrons. The van der Waals surface area contributed by atoms with Crippen molar-refractivity contribution in [2.45, 2.75) is 45.3 Å². The lowest BCUT2D eigenvalue weighted by atomic mass is 10.1. The monoisotopic (exact) mass is 223 g/mol. The maximum Gasteiger partial charge on any atom is 0.321 e. The largest absolute Gasteiger partial charge is 0.480 e. The standard InChI is InChI=1S/C11H17N3O2/c1-2-3-4-14-7-13-9-6-12-8(11(15)16)5-10(9)14/h7-8,12H,2-6H2,1H3,(H,15,16). The number of carbonyl (C=O) groups is 1. The third kappa shape index (κ3) is 2.09. The van der Waals surface area contributed by atoms with Crippen LogP contribution in [-0.2, 0) is 24.3 Å². The fourth-order valence-corrected chi connectivity index (χ4v) is 2.01. The van der Waals surface area contributed by atoms with E-state index in [1.54, 1.807) is 0 Å². The highest BCUT2D eigenvalue weighted by Crippen LogP contribution is 2.16. The van der Waals surface area contributed by atoms with Crippen LogP contribution in [0.5, 0.6) is 0 Å². The van der Waals surface area contributed by atoms with Crippen LogP contribution in [0.25, 0.3) is 0 Å². The first-order valence-corrected chi connectivity index (χ1v) is 5.71. The minimum Gasteiger partial charge on any atom is -0.480 e. The Kier molecular flexibility index (Phi) is 3.24. The second-order valence-electron chi connectivity index (χ2n) is 4.16. The molecule has 1 aromatic heterocycles. The van der Waals surface area contributed by atoms with E-state index in [9.17, 15) is 4.79 Å². The quantitative estimate of drug-likeness (QED) is 0.791.